The Morgan fingerprint density at radius 3 is 2.18 bits per heavy atom. The molecule has 0 amide bonds. The van der Waals surface area contributed by atoms with Gasteiger partial charge in [-0.1, -0.05) is 36.4 Å². The van der Waals surface area contributed by atoms with E-state index in [9.17, 15) is 0 Å². The van der Waals surface area contributed by atoms with E-state index in [-0.39, 0.29) is 0 Å². The van der Waals surface area contributed by atoms with E-state index < -0.39 is 0 Å². The lowest BCUT2D eigenvalue weighted by Crippen LogP contribution is -2.38. The highest BCUT2D eigenvalue weighted by Crippen LogP contribution is 2.25. The van der Waals surface area contributed by atoms with Crippen LogP contribution in [0.2, 0.25) is 0 Å². The van der Waals surface area contributed by atoms with Crippen molar-refractivity contribution in [1.29, 1.82) is 0 Å². The fraction of sp³-hybridized carbons (Fsp3) is 0.438. The Labute approximate surface area is 232 Å². The Bertz CT molecular complexity index is 1160. The van der Waals surface area contributed by atoms with Crippen molar-refractivity contribution < 1.29 is 18.9 Å². The molecule has 0 unspecified atom stereocenters. The molecule has 2 aliphatic heterocycles. The number of hydrogen-bond acceptors (Lipinski definition) is 7. The Hall–Kier alpha value is -3.10. The summed E-state index contributed by atoms with van der Waals surface area (Å²) in [6, 6.07) is 26.0. The zero-order chi connectivity index (χ0) is 26.7. The molecule has 2 saturated heterocycles. The lowest BCUT2D eigenvalue weighted by atomic mass is 10.1. The van der Waals surface area contributed by atoms with Crippen LogP contribution in [-0.2, 0) is 33.9 Å². The summed E-state index contributed by atoms with van der Waals surface area (Å²) in [4.78, 5) is 7.25. The number of morpholine rings is 2. The van der Waals surface area contributed by atoms with Crippen LogP contribution < -0.4 is 14.5 Å². The van der Waals surface area contributed by atoms with Crippen molar-refractivity contribution in [3.63, 3.8) is 0 Å². The highest BCUT2D eigenvalue weighted by molar-refractivity contribution is 5.53. The first kappa shape index (κ1) is 27.5. The third kappa shape index (κ3) is 8.19. The summed E-state index contributed by atoms with van der Waals surface area (Å²) in [6.07, 6.45) is 0. The van der Waals surface area contributed by atoms with Crippen molar-refractivity contribution in [1.82, 2.24) is 4.90 Å². The van der Waals surface area contributed by atoms with Crippen molar-refractivity contribution in [3.05, 3.63) is 89.5 Å². The van der Waals surface area contributed by atoms with E-state index in [1.54, 1.807) is 7.11 Å². The van der Waals surface area contributed by atoms with E-state index in [2.05, 4.69) is 81.4 Å². The largest absolute Gasteiger partial charge is 0.497 e. The molecule has 2 fully saturated rings. The maximum atomic E-state index is 6.07. The molecule has 39 heavy (non-hydrogen) atoms. The third-order valence-corrected chi connectivity index (χ3v) is 7.37. The summed E-state index contributed by atoms with van der Waals surface area (Å²) in [6.45, 7) is 10.9. The number of benzene rings is 3. The van der Waals surface area contributed by atoms with Gasteiger partial charge in [0.25, 0.3) is 0 Å². The minimum Gasteiger partial charge on any atom is -0.497 e. The van der Waals surface area contributed by atoms with Gasteiger partial charge in [-0.2, -0.15) is 0 Å². The van der Waals surface area contributed by atoms with Gasteiger partial charge < -0.3 is 28.7 Å². The first-order chi connectivity index (χ1) is 19.3. The number of methoxy groups -OCH3 is 1. The van der Waals surface area contributed by atoms with Gasteiger partial charge in [0.05, 0.1) is 46.8 Å². The van der Waals surface area contributed by atoms with Crippen LogP contribution in [0.1, 0.15) is 16.7 Å². The molecule has 0 saturated carbocycles. The number of nitrogens with zero attached hydrogens (tertiary/aromatic N) is 3. The van der Waals surface area contributed by atoms with Gasteiger partial charge in [0.1, 0.15) is 5.75 Å². The van der Waals surface area contributed by atoms with Crippen molar-refractivity contribution in [2.45, 2.75) is 19.7 Å². The number of rotatable bonds is 12. The second-order valence-corrected chi connectivity index (χ2v) is 10.2. The topological polar surface area (TPSA) is 46.6 Å². The van der Waals surface area contributed by atoms with Crippen molar-refractivity contribution in [2.75, 3.05) is 82.7 Å². The number of anilines is 2. The van der Waals surface area contributed by atoms with Gasteiger partial charge in [0.15, 0.2) is 0 Å². The molecule has 7 nitrogen and oxygen atoms in total. The Balaban J connectivity index is 1.29. The fourth-order valence-corrected chi connectivity index (χ4v) is 5.17. The summed E-state index contributed by atoms with van der Waals surface area (Å²) < 4.78 is 22.6. The van der Waals surface area contributed by atoms with Gasteiger partial charge in [-0.3, -0.25) is 4.90 Å². The molecule has 0 aliphatic carbocycles. The van der Waals surface area contributed by atoms with Gasteiger partial charge in [0, 0.05) is 57.2 Å². The normalized spacial score (nSPS) is 16.3. The summed E-state index contributed by atoms with van der Waals surface area (Å²) in [7, 11) is 1.72. The molecule has 0 atom stereocenters. The van der Waals surface area contributed by atoms with Crippen LogP contribution in [0.25, 0.3) is 0 Å². The van der Waals surface area contributed by atoms with E-state index in [0.717, 1.165) is 84.6 Å². The summed E-state index contributed by atoms with van der Waals surface area (Å²) in [5.41, 5.74) is 6.13. The summed E-state index contributed by atoms with van der Waals surface area (Å²) >= 11 is 0. The lowest BCUT2D eigenvalue weighted by molar-refractivity contribution is 0.0180. The SMILES string of the molecule is COc1cccc(CN(Cc2cccc(N3CCOCC3)c2)c2cccc(COCCN3CCOCC3)c2)c1. The van der Waals surface area contributed by atoms with Gasteiger partial charge in [-0.05, 0) is 53.1 Å². The standard InChI is InChI=1S/C32H41N3O4/c1-36-32-10-4-6-28(23-32)25-35(24-27-5-2-8-30(21-27)34-14-19-38-20-15-34)31-9-3-7-29(22-31)26-39-18-13-33-11-16-37-17-12-33/h2-10,21-23H,11-20,24-26H2,1H3. The molecule has 208 valence electrons. The van der Waals surface area contributed by atoms with E-state index in [1.807, 2.05) is 6.07 Å². The Morgan fingerprint density at radius 2 is 1.41 bits per heavy atom. The maximum Gasteiger partial charge on any atom is 0.119 e. The quantitative estimate of drug-likeness (QED) is 0.317. The predicted molar refractivity (Wildman–Crippen MR) is 156 cm³/mol. The number of ether oxygens (including phenoxy) is 4. The second kappa shape index (κ2) is 14.3. The minimum atomic E-state index is 0.609. The minimum absolute atomic E-state index is 0.609. The van der Waals surface area contributed by atoms with E-state index in [4.69, 9.17) is 18.9 Å². The van der Waals surface area contributed by atoms with Crippen LogP contribution in [0, 0.1) is 0 Å². The van der Waals surface area contributed by atoms with Gasteiger partial charge >= 0.3 is 0 Å². The average molecular weight is 532 g/mol. The third-order valence-electron chi connectivity index (χ3n) is 7.37. The first-order valence-electron chi connectivity index (χ1n) is 14.0. The zero-order valence-corrected chi connectivity index (χ0v) is 23.1. The van der Waals surface area contributed by atoms with E-state index >= 15 is 0 Å². The molecule has 2 heterocycles. The predicted octanol–water partition coefficient (Wildman–Crippen LogP) is 4.59. The summed E-state index contributed by atoms with van der Waals surface area (Å²) in [5, 5.41) is 0. The second-order valence-electron chi connectivity index (χ2n) is 10.2. The molecular formula is C32H41N3O4. The Morgan fingerprint density at radius 1 is 0.744 bits per heavy atom. The molecule has 2 aliphatic rings. The highest BCUT2D eigenvalue weighted by Gasteiger charge is 2.15. The molecule has 0 radical (unpaired) electrons. The molecule has 0 N–H and O–H groups in total. The van der Waals surface area contributed by atoms with Crippen LogP contribution >= 0.6 is 0 Å². The smallest absolute Gasteiger partial charge is 0.119 e. The molecule has 5 rings (SSSR count). The van der Waals surface area contributed by atoms with Crippen molar-refractivity contribution >= 4 is 11.4 Å². The molecule has 3 aromatic carbocycles. The van der Waals surface area contributed by atoms with Crippen LogP contribution in [0.15, 0.2) is 72.8 Å². The Kier molecular flexibility index (Phi) is 10.1. The van der Waals surface area contributed by atoms with Crippen molar-refractivity contribution in [2.24, 2.45) is 0 Å². The first-order valence-corrected chi connectivity index (χ1v) is 14.0. The molecule has 3 aromatic rings. The summed E-state index contributed by atoms with van der Waals surface area (Å²) in [5.74, 6) is 0.879. The maximum absolute atomic E-state index is 6.07. The fourth-order valence-electron chi connectivity index (χ4n) is 5.17. The van der Waals surface area contributed by atoms with Gasteiger partial charge in [0.2, 0.25) is 0 Å². The molecule has 0 bridgehead atoms. The van der Waals surface area contributed by atoms with Crippen LogP contribution in [-0.4, -0.2) is 77.8 Å². The van der Waals surface area contributed by atoms with Gasteiger partial charge in [-0.25, -0.2) is 0 Å². The van der Waals surface area contributed by atoms with Crippen LogP contribution in [0.5, 0.6) is 5.75 Å². The zero-order valence-electron chi connectivity index (χ0n) is 23.1. The molecule has 0 spiro atoms. The molecular weight excluding hydrogens is 490 g/mol. The van der Waals surface area contributed by atoms with Crippen molar-refractivity contribution in [3.8, 4) is 5.75 Å². The van der Waals surface area contributed by atoms with Crippen LogP contribution in [0.3, 0.4) is 0 Å². The molecule has 0 aromatic heterocycles. The lowest BCUT2D eigenvalue weighted by Gasteiger charge is -2.30. The van der Waals surface area contributed by atoms with Gasteiger partial charge in [-0.15, -0.1) is 0 Å². The van der Waals surface area contributed by atoms with E-state index in [0.29, 0.717) is 6.61 Å². The highest BCUT2D eigenvalue weighted by atomic mass is 16.5. The monoisotopic (exact) mass is 531 g/mol. The van der Waals surface area contributed by atoms with Crippen LogP contribution in [0.4, 0.5) is 11.4 Å². The molecule has 7 heteroatoms. The van der Waals surface area contributed by atoms with E-state index in [1.165, 1.54) is 28.1 Å². The average Bonchev–Trinajstić information content (AvgIpc) is 3.00. The number of hydrogen-bond donors (Lipinski definition) is 0.